The largest absolute Gasteiger partial charge is 0.422 e. The number of pyridine rings is 1. The third kappa shape index (κ3) is 2.45. The Kier molecular flexibility index (Phi) is 3.10. The van der Waals surface area contributed by atoms with Crippen LogP contribution in [0.25, 0.3) is 0 Å². The smallest absolute Gasteiger partial charge is 0.353 e. The van der Waals surface area contributed by atoms with E-state index >= 15 is 0 Å². The highest BCUT2D eigenvalue weighted by Gasteiger charge is 2.10. The van der Waals surface area contributed by atoms with E-state index in [9.17, 15) is 9.59 Å². The molecule has 17 heavy (non-hydrogen) atoms. The van der Waals surface area contributed by atoms with E-state index in [-0.39, 0.29) is 11.3 Å². The highest BCUT2D eigenvalue weighted by molar-refractivity contribution is 7.12. The minimum Gasteiger partial charge on any atom is -0.422 e. The zero-order valence-corrected chi connectivity index (χ0v) is 10.3. The van der Waals surface area contributed by atoms with Gasteiger partial charge in [-0.25, -0.2) is 4.79 Å². The van der Waals surface area contributed by atoms with E-state index in [4.69, 9.17) is 4.74 Å². The van der Waals surface area contributed by atoms with Crippen LogP contribution < -0.4 is 10.3 Å². The van der Waals surface area contributed by atoms with Gasteiger partial charge in [0.05, 0.1) is 0 Å². The third-order valence-electron chi connectivity index (χ3n) is 2.41. The van der Waals surface area contributed by atoms with Gasteiger partial charge < -0.3 is 9.30 Å². The van der Waals surface area contributed by atoms with Crippen LogP contribution >= 0.6 is 11.3 Å². The summed E-state index contributed by atoms with van der Waals surface area (Å²) in [6, 6.07) is 6.42. The van der Waals surface area contributed by atoms with Gasteiger partial charge in [-0.15, -0.1) is 11.3 Å². The Morgan fingerprint density at radius 2 is 2.18 bits per heavy atom. The highest BCUT2D eigenvalue weighted by atomic mass is 32.1. The van der Waals surface area contributed by atoms with Gasteiger partial charge in [-0.3, -0.25) is 4.79 Å². The number of aryl methyl sites for hydroxylation is 1. The molecule has 0 atom stereocenters. The maximum atomic E-state index is 11.7. The van der Waals surface area contributed by atoms with Crippen LogP contribution in [0.3, 0.4) is 0 Å². The number of nitrogens with zero attached hydrogens (tertiary/aromatic N) is 1. The van der Waals surface area contributed by atoms with Crippen LogP contribution in [0.15, 0.2) is 34.4 Å². The second kappa shape index (κ2) is 4.55. The lowest BCUT2D eigenvalue weighted by atomic mass is 10.3. The van der Waals surface area contributed by atoms with E-state index in [2.05, 4.69) is 0 Å². The van der Waals surface area contributed by atoms with Crippen LogP contribution in [0, 0.1) is 6.92 Å². The Morgan fingerprint density at radius 3 is 2.76 bits per heavy atom. The van der Waals surface area contributed by atoms with Crippen LogP contribution in [0.4, 0.5) is 0 Å². The fourth-order valence-corrected chi connectivity index (χ4v) is 1.95. The SMILES string of the molecule is Cc1cc(OC(=O)c2cccs2)cc(=O)n1C. The first-order valence-corrected chi connectivity index (χ1v) is 5.89. The van der Waals surface area contributed by atoms with Crippen molar-refractivity contribution in [2.75, 3.05) is 0 Å². The topological polar surface area (TPSA) is 48.3 Å². The molecule has 0 radical (unpaired) electrons. The number of hydrogen-bond acceptors (Lipinski definition) is 4. The minimum absolute atomic E-state index is 0.195. The molecule has 0 saturated carbocycles. The first-order chi connectivity index (χ1) is 8.08. The van der Waals surface area contributed by atoms with Crippen molar-refractivity contribution in [1.29, 1.82) is 0 Å². The average Bonchev–Trinajstić information content (AvgIpc) is 2.79. The van der Waals surface area contributed by atoms with Crippen molar-refractivity contribution in [1.82, 2.24) is 4.57 Å². The van der Waals surface area contributed by atoms with E-state index in [1.807, 2.05) is 0 Å². The zero-order valence-electron chi connectivity index (χ0n) is 9.47. The summed E-state index contributed by atoms with van der Waals surface area (Å²) in [6.07, 6.45) is 0. The molecule has 0 spiro atoms. The molecule has 0 aliphatic carbocycles. The second-order valence-electron chi connectivity index (χ2n) is 3.60. The summed E-state index contributed by atoms with van der Waals surface area (Å²) >= 11 is 1.30. The predicted molar refractivity (Wildman–Crippen MR) is 65.7 cm³/mol. The standard InChI is InChI=1S/C12H11NO3S/c1-8-6-9(7-11(14)13(8)2)16-12(15)10-4-3-5-17-10/h3-7H,1-2H3. The molecule has 5 heteroatoms. The van der Waals surface area contributed by atoms with Gasteiger partial charge in [-0.2, -0.15) is 0 Å². The summed E-state index contributed by atoms with van der Waals surface area (Å²) in [5.41, 5.74) is 0.547. The molecule has 0 bridgehead atoms. The van der Waals surface area contributed by atoms with Crippen LogP contribution in [0.1, 0.15) is 15.4 Å². The number of aromatic nitrogens is 1. The van der Waals surface area contributed by atoms with Crippen LogP contribution in [0.5, 0.6) is 5.75 Å². The molecular weight excluding hydrogens is 238 g/mol. The molecule has 0 N–H and O–H groups in total. The zero-order chi connectivity index (χ0) is 12.4. The quantitative estimate of drug-likeness (QED) is 0.764. The lowest BCUT2D eigenvalue weighted by Gasteiger charge is -2.06. The predicted octanol–water partition coefficient (Wildman–Crippen LogP) is 1.97. The first kappa shape index (κ1) is 11.6. The second-order valence-corrected chi connectivity index (χ2v) is 4.54. The average molecular weight is 249 g/mol. The maximum Gasteiger partial charge on any atom is 0.353 e. The summed E-state index contributed by atoms with van der Waals surface area (Å²) in [5, 5.41) is 1.80. The number of carbonyl (C=O) groups is 1. The summed E-state index contributed by atoms with van der Waals surface area (Å²) in [6.45, 7) is 1.78. The number of esters is 1. The summed E-state index contributed by atoms with van der Waals surface area (Å²) in [7, 11) is 1.67. The molecule has 0 saturated heterocycles. The molecule has 2 heterocycles. The Morgan fingerprint density at radius 1 is 1.41 bits per heavy atom. The Labute approximate surface area is 102 Å². The highest BCUT2D eigenvalue weighted by Crippen LogP contribution is 2.15. The molecule has 0 aliphatic heterocycles. The van der Waals surface area contributed by atoms with Gasteiger partial charge in [0, 0.05) is 24.9 Å². The van der Waals surface area contributed by atoms with Gasteiger partial charge in [0.15, 0.2) is 0 Å². The number of hydrogen-bond donors (Lipinski definition) is 0. The lowest BCUT2D eigenvalue weighted by molar-refractivity contribution is 0.0739. The van der Waals surface area contributed by atoms with Crippen LogP contribution in [-0.4, -0.2) is 10.5 Å². The van der Waals surface area contributed by atoms with Gasteiger partial charge in [-0.1, -0.05) is 6.07 Å². The van der Waals surface area contributed by atoms with Crippen molar-refractivity contribution in [3.05, 3.63) is 50.6 Å². The van der Waals surface area contributed by atoms with Crippen LogP contribution in [-0.2, 0) is 7.05 Å². The van der Waals surface area contributed by atoms with Crippen molar-refractivity contribution in [3.8, 4) is 5.75 Å². The normalized spacial score (nSPS) is 10.2. The van der Waals surface area contributed by atoms with Crippen molar-refractivity contribution in [2.24, 2.45) is 7.05 Å². The minimum atomic E-state index is -0.437. The van der Waals surface area contributed by atoms with Gasteiger partial charge in [0.1, 0.15) is 10.6 Å². The van der Waals surface area contributed by atoms with E-state index in [1.165, 1.54) is 22.0 Å². The van der Waals surface area contributed by atoms with Gasteiger partial charge in [0.25, 0.3) is 5.56 Å². The molecule has 88 valence electrons. The van der Waals surface area contributed by atoms with Crippen LogP contribution in [0.2, 0.25) is 0 Å². The Hall–Kier alpha value is -1.88. The van der Waals surface area contributed by atoms with Gasteiger partial charge in [0.2, 0.25) is 0 Å². The summed E-state index contributed by atoms with van der Waals surface area (Å²) in [4.78, 5) is 23.7. The third-order valence-corrected chi connectivity index (χ3v) is 3.26. The van der Waals surface area contributed by atoms with E-state index in [0.29, 0.717) is 4.88 Å². The molecule has 0 aliphatic rings. The summed E-state index contributed by atoms with van der Waals surface area (Å²) in [5.74, 6) is -0.156. The van der Waals surface area contributed by atoms with Crippen molar-refractivity contribution < 1.29 is 9.53 Å². The lowest BCUT2D eigenvalue weighted by Crippen LogP contribution is -2.19. The number of rotatable bonds is 2. The molecule has 0 amide bonds. The molecule has 0 aromatic carbocycles. The molecule has 2 aromatic heterocycles. The molecule has 0 unspecified atom stereocenters. The molecule has 0 fully saturated rings. The van der Waals surface area contributed by atoms with Crippen molar-refractivity contribution in [2.45, 2.75) is 6.92 Å². The van der Waals surface area contributed by atoms with E-state index in [1.54, 1.807) is 37.6 Å². The number of ether oxygens (including phenoxy) is 1. The van der Waals surface area contributed by atoms with Crippen molar-refractivity contribution in [3.63, 3.8) is 0 Å². The van der Waals surface area contributed by atoms with Gasteiger partial charge in [-0.05, 0) is 18.4 Å². The molecule has 2 aromatic rings. The fraction of sp³-hybridized carbons (Fsp3) is 0.167. The molecule has 4 nitrogen and oxygen atoms in total. The monoisotopic (exact) mass is 249 g/mol. The number of carbonyl (C=O) groups excluding carboxylic acids is 1. The van der Waals surface area contributed by atoms with E-state index < -0.39 is 5.97 Å². The van der Waals surface area contributed by atoms with Crippen molar-refractivity contribution >= 4 is 17.3 Å². The molecular formula is C12H11NO3S. The Balaban J connectivity index is 2.26. The molecule has 2 rings (SSSR count). The van der Waals surface area contributed by atoms with Gasteiger partial charge >= 0.3 is 5.97 Å². The summed E-state index contributed by atoms with van der Waals surface area (Å²) < 4.78 is 6.62. The first-order valence-electron chi connectivity index (χ1n) is 5.01. The number of thiophene rings is 1. The maximum absolute atomic E-state index is 11.7. The Bertz CT molecular complexity index is 599. The van der Waals surface area contributed by atoms with E-state index in [0.717, 1.165) is 5.69 Å². The fourth-order valence-electron chi connectivity index (χ4n) is 1.35.